The number of benzene rings is 1. The van der Waals surface area contributed by atoms with Crippen LogP contribution in [0.3, 0.4) is 0 Å². The highest BCUT2D eigenvalue weighted by atomic mass is 16.3. The van der Waals surface area contributed by atoms with Gasteiger partial charge in [-0.2, -0.15) is 0 Å². The molecule has 1 fully saturated rings. The fraction of sp³-hybridized carbons (Fsp3) is 0.412. The van der Waals surface area contributed by atoms with Crippen molar-refractivity contribution in [2.45, 2.75) is 32.4 Å². The lowest BCUT2D eigenvalue weighted by Crippen LogP contribution is -2.23. The van der Waals surface area contributed by atoms with E-state index in [9.17, 15) is 0 Å². The molecule has 1 aliphatic rings. The van der Waals surface area contributed by atoms with Gasteiger partial charge in [-0.25, -0.2) is 0 Å². The van der Waals surface area contributed by atoms with Crippen molar-refractivity contribution in [1.29, 1.82) is 0 Å². The summed E-state index contributed by atoms with van der Waals surface area (Å²) in [5.74, 6) is 0.989. The van der Waals surface area contributed by atoms with Gasteiger partial charge in [0.1, 0.15) is 5.76 Å². The molecule has 0 amide bonds. The Hall–Kier alpha value is -1.74. The van der Waals surface area contributed by atoms with Crippen molar-refractivity contribution in [3.8, 4) is 0 Å². The minimum Gasteiger partial charge on any atom is -0.468 e. The quantitative estimate of drug-likeness (QED) is 0.897. The first-order chi connectivity index (χ1) is 9.84. The van der Waals surface area contributed by atoms with Crippen LogP contribution in [0.1, 0.15) is 37.1 Å². The van der Waals surface area contributed by atoms with Crippen LogP contribution in [0.4, 0.5) is 5.69 Å². The molecule has 106 valence electrons. The minimum absolute atomic E-state index is 0.233. The van der Waals surface area contributed by atoms with Crippen LogP contribution in [0.5, 0.6) is 0 Å². The molecule has 0 saturated carbocycles. The van der Waals surface area contributed by atoms with Crippen LogP contribution >= 0.6 is 0 Å². The fourth-order valence-electron chi connectivity index (χ4n) is 2.83. The number of nitrogens with zero attached hydrogens (tertiary/aromatic N) is 1. The number of furan rings is 1. The second-order valence-corrected chi connectivity index (χ2v) is 5.44. The summed E-state index contributed by atoms with van der Waals surface area (Å²) in [6, 6.07) is 12.9. The Morgan fingerprint density at radius 1 is 1.15 bits per heavy atom. The molecule has 0 aliphatic carbocycles. The minimum atomic E-state index is 0.233. The van der Waals surface area contributed by atoms with Gasteiger partial charge >= 0.3 is 0 Å². The summed E-state index contributed by atoms with van der Waals surface area (Å²) in [5, 5.41) is 3.54. The maximum atomic E-state index is 5.44. The molecule has 0 unspecified atom stereocenters. The standard InChI is InChI=1S/C17H22N2O/c1-14(17-9-6-12-20-17)18-13-15-7-2-3-8-16(15)19-10-4-5-11-19/h2-3,6-9,12,14,18H,4-5,10-11,13H2,1H3/t14-/m1/s1. The monoisotopic (exact) mass is 270 g/mol. The first kappa shape index (κ1) is 13.3. The van der Waals surface area contributed by atoms with E-state index in [1.165, 1.54) is 37.2 Å². The normalized spacial score (nSPS) is 16.6. The van der Waals surface area contributed by atoms with Crippen LogP contribution in [0.2, 0.25) is 0 Å². The molecule has 1 atom stereocenters. The third-order valence-corrected chi connectivity index (χ3v) is 4.01. The second-order valence-electron chi connectivity index (χ2n) is 5.44. The highest BCUT2D eigenvalue weighted by molar-refractivity contribution is 5.54. The van der Waals surface area contributed by atoms with E-state index >= 15 is 0 Å². The third kappa shape index (κ3) is 2.88. The summed E-state index contributed by atoms with van der Waals surface area (Å²) in [7, 11) is 0. The largest absolute Gasteiger partial charge is 0.468 e. The summed E-state index contributed by atoms with van der Waals surface area (Å²) < 4.78 is 5.44. The summed E-state index contributed by atoms with van der Waals surface area (Å²) >= 11 is 0. The molecular weight excluding hydrogens is 248 g/mol. The molecule has 0 spiro atoms. The number of para-hydroxylation sites is 1. The smallest absolute Gasteiger partial charge is 0.120 e. The molecule has 1 aromatic heterocycles. The van der Waals surface area contributed by atoms with E-state index < -0.39 is 0 Å². The Balaban J connectivity index is 1.68. The van der Waals surface area contributed by atoms with E-state index in [1.54, 1.807) is 6.26 Å². The lowest BCUT2D eigenvalue weighted by atomic mass is 10.1. The van der Waals surface area contributed by atoms with Crippen LogP contribution in [0, 0.1) is 0 Å². The SMILES string of the molecule is C[C@@H](NCc1ccccc1N1CCCC1)c1ccco1. The van der Waals surface area contributed by atoms with Crippen LogP contribution in [0.25, 0.3) is 0 Å². The van der Waals surface area contributed by atoms with E-state index in [0.29, 0.717) is 0 Å². The van der Waals surface area contributed by atoms with E-state index in [1.807, 2.05) is 12.1 Å². The van der Waals surface area contributed by atoms with Gasteiger partial charge in [0.25, 0.3) is 0 Å². The second kappa shape index (κ2) is 6.14. The Morgan fingerprint density at radius 3 is 2.70 bits per heavy atom. The lowest BCUT2D eigenvalue weighted by Gasteiger charge is -2.22. The zero-order valence-corrected chi connectivity index (χ0v) is 12.0. The van der Waals surface area contributed by atoms with Gasteiger partial charge in [-0.05, 0) is 43.5 Å². The molecule has 2 heterocycles. The average Bonchev–Trinajstić information content (AvgIpc) is 3.17. The predicted molar refractivity (Wildman–Crippen MR) is 81.9 cm³/mol. The predicted octanol–water partition coefficient (Wildman–Crippen LogP) is 3.73. The van der Waals surface area contributed by atoms with Crippen molar-refractivity contribution in [2.24, 2.45) is 0 Å². The average molecular weight is 270 g/mol. The number of hydrogen-bond acceptors (Lipinski definition) is 3. The molecule has 1 N–H and O–H groups in total. The molecule has 0 radical (unpaired) electrons. The fourth-order valence-corrected chi connectivity index (χ4v) is 2.83. The Bertz CT molecular complexity index is 530. The third-order valence-electron chi connectivity index (χ3n) is 4.01. The Labute approximate surface area is 120 Å². The molecule has 1 aromatic carbocycles. The number of rotatable bonds is 5. The van der Waals surface area contributed by atoms with Crippen LogP contribution in [-0.2, 0) is 6.54 Å². The van der Waals surface area contributed by atoms with Crippen molar-refractivity contribution in [1.82, 2.24) is 5.32 Å². The van der Waals surface area contributed by atoms with Crippen molar-refractivity contribution < 1.29 is 4.42 Å². The van der Waals surface area contributed by atoms with Gasteiger partial charge < -0.3 is 14.6 Å². The molecule has 1 saturated heterocycles. The number of anilines is 1. The van der Waals surface area contributed by atoms with Crippen molar-refractivity contribution in [3.63, 3.8) is 0 Å². The van der Waals surface area contributed by atoms with E-state index in [0.717, 1.165) is 12.3 Å². The van der Waals surface area contributed by atoms with Gasteiger partial charge in [0, 0.05) is 25.3 Å². The molecule has 3 nitrogen and oxygen atoms in total. The lowest BCUT2D eigenvalue weighted by molar-refractivity contribution is 0.430. The van der Waals surface area contributed by atoms with Crippen molar-refractivity contribution in [3.05, 3.63) is 54.0 Å². The Morgan fingerprint density at radius 2 is 1.95 bits per heavy atom. The topological polar surface area (TPSA) is 28.4 Å². The molecule has 3 heteroatoms. The van der Waals surface area contributed by atoms with E-state index in [2.05, 4.69) is 41.4 Å². The van der Waals surface area contributed by atoms with Gasteiger partial charge in [0.05, 0.1) is 12.3 Å². The van der Waals surface area contributed by atoms with Crippen LogP contribution in [-0.4, -0.2) is 13.1 Å². The molecular formula is C17H22N2O. The highest BCUT2D eigenvalue weighted by Gasteiger charge is 2.16. The summed E-state index contributed by atoms with van der Waals surface area (Å²) in [6.07, 6.45) is 4.35. The molecule has 2 aromatic rings. The maximum Gasteiger partial charge on any atom is 0.120 e. The van der Waals surface area contributed by atoms with Gasteiger partial charge in [0.2, 0.25) is 0 Å². The van der Waals surface area contributed by atoms with E-state index in [-0.39, 0.29) is 6.04 Å². The van der Waals surface area contributed by atoms with Gasteiger partial charge in [-0.3, -0.25) is 0 Å². The van der Waals surface area contributed by atoms with Gasteiger partial charge in [-0.15, -0.1) is 0 Å². The molecule has 20 heavy (non-hydrogen) atoms. The highest BCUT2D eigenvalue weighted by Crippen LogP contribution is 2.25. The van der Waals surface area contributed by atoms with Crippen LogP contribution < -0.4 is 10.2 Å². The maximum absolute atomic E-state index is 5.44. The molecule has 3 rings (SSSR count). The summed E-state index contributed by atoms with van der Waals surface area (Å²) in [4.78, 5) is 2.49. The zero-order chi connectivity index (χ0) is 13.8. The van der Waals surface area contributed by atoms with Crippen LogP contribution in [0.15, 0.2) is 47.1 Å². The zero-order valence-electron chi connectivity index (χ0n) is 12.0. The van der Waals surface area contributed by atoms with E-state index in [4.69, 9.17) is 4.42 Å². The first-order valence-corrected chi connectivity index (χ1v) is 7.44. The summed E-state index contributed by atoms with van der Waals surface area (Å²) in [5.41, 5.74) is 2.75. The van der Waals surface area contributed by atoms with Crippen molar-refractivity contribution in [2.75, 3.05) is 18.0 Å². The van der Waals surface area contributed by atoms with Gasteiger partial charge in [-0.1, -0.05) is 18.2 Å². The van der Waals surface area contributed by atoms with Crippen molar-refractivity contribution >= 4 is 5.69 Å². The molecule has 0 bridgehead atoms. The first-order valence-electron chi connectivity index (χ1n) is 7.44. The number of hydrogen-bond donors (Lipinski definition) is 1. The number of nitrogens with one attached hydrogen (secondary N) is 1. The summed E-state index contributed by atoms with van der Waals surface area (Å²) in [6.45, 7) is 5.38. The molecule has 1 aliphatic heterocycles. The Kier molecular flexibility index (Phi) is 4.07. The van der Waals surface area contributed by atoms with Gasteiger partial charge in [0.15, 0.2) is 0 Å².